The van der Waals surface area contributed by atoms with Gasteiger partial charge in [0, 0.05) is 12.1 Å². The summed E-state index contributed by atoms with van der Waals surface area (Å²) in [6, 6.07) is 7.28. The number of rotatable bonds is 6. The van der Waals surface area contributed by atoms with Crippen LogP contribution in [0.15, 0.2) is 34.7 Å². The molecule has 1 saturated heterocycles. The van der Waals surface area contributed by atoms with Crippen molar-refractivity contribution in [2.45, 2.75) is 81.4 Å². The molecule has 1 aromatic carbocycles. The zero-order valence-corrected chi connectivity index (χ0v) is 19.4. The summed E-state index contributed by atoms with van der Waals surface area (Å²) in [6.07, 6.45) is 13.4. The van der Waals surface area contributed by atoms with Gasteiger partial charge in [-0.25, -0.2) is 4.99 Å². The number of aliphatic imine (C=N–C) groups is 1. The molecule has 0 aromatic heterocycles. The van der Waals surface area contributed by atoms with Gasteiger partial charge in [-0.15, -0.1) is 11.8 Å². The van der Waals surface area contributed by atoms with E-state index in [4.69, 9.17) is 15.5 Å². The van der Waals surface area contributed by atoms with Gasteiger partial charge in [0.05, 0.1) is 17.0 Å². The molecule has 0 amide bonds. The Kier molecular flexibility index (Phi) is 7.09. The fourth-order valence-corrected chi connectivity index (χ4v) is 5.92. The number of nitrogens with two attached hydrogens (primary N) is 1. The number of allylic oxidation sites excluding steroid dienone is 1. The van der Waals surface area contributed by atoms with Crippen molar-refractivity contribution in [3.05, 3.63) is 35.2 Å². The number of likely N-dealkylation sites (tertiary alicyclic amines) is 1. The number of fused-ring (bicyclic) bond motifs is 1. The quantitative estimate of drug-likeness (QED) is 0.447. The SMILES string of the molecule is CN1CCCC1CCCC1CCCCOc2cc(N=C(N)C3(C)CC=CS3)ccc21. The van der Waals surface area contributed by atoms with Crippen molar-refractivity contribution in [1.29, 1.82) is 0 Å². The van der Waals surface area contributed by atoms with Gasteiger partial charge in [-0.1, -0.05) is 18.6 Å². The van der Waals surface area contributed by atoms with E-state index in [1.165, 1.54) is 57.1 Å². The third-order valence-corrected chi connectivity index (χ3v) is 8.35. The molecule has 0 saturated carbocycles. The van der Waals surface area contributed by atoms with Crippen LogP contribution in [0.2, 0.25) is 0 Å². The molecule has 0 aliphatic carbocycles. The maximum atomic E-state index is 6.39. The highest BCUT2D eigenvalue weighted by Gasteiger charge is 2.31. The van der Waals surface area contributed by atoms with Crippen molar-refractivity contribution in [3.63, 3.8) is 0 Å². The monoisotopic (exact) mass is 427 g/mol. The van der Waals surface area contributed by atoms with E-state index in [9.17, 15) is 0 Å². The number of thioether (sulfide) groups is 1. The average molecular weight is 428 g/mol. The summed E-state index contributed by atoms with van der Waals surface area (Å²) in [7, 11) is 2.28. The van der Waals surface area contributed by atoms with Gasteiger partial charge in [-0.2, -0.15) is 0 Å². The zero-order valence-electron chi connectivity index (χ0n) is 18.6. The molecule has 5 heteroatoms. The molecule has 1 fully saturated rings. The van der Waals surface area contributed by atoms with Gasteiger partial charge in [-0.05, 0) is 94.8 Å². The zero-order chi connectivity index (χ0) is 21.0. The summed E-state index contributed by atoms with van der Waals surface area (Å²) >= 11 is 1.76. The molecular weight excluding hydrogens is 390 g/mol. The van der Waals surface area contributed by atoms with E-state index in [0.29, 0.717) is 11.8 Å². The van der Waals surface area contributed by atoms with Gasteiger partial charge in [0.15, 0.2) is 0 Å². The molecule has 3 atom stereocenters. The summed E-state index contributed by atoms with van der Waals surface area (Å²) in [5, 5.41) is 2.12. The smallest absolute Gasteiger partial charge is 0.124 e. The minimum Gasteiger partial charge on any atom is -0.493 e. The lowest BCUT2D eigenvalue weighted by Gasteiger charge is -2.25. The normalized spacial score (nSPS) is 30.0. The summed E-state index contributed by atoms with van der Waals surface area (Å²) < 4.78 is 6.07. The highest BCUT2D eigenvalue weighted by Crippen LogP contribution is 2.40. The van der Waals surface area contributed by atoms with Crippen LogP contribution in [0.3, 0.4) is 0 Å². The number of hydrogen-bond acceptors (Lipinski definition) is 4. The molecule has 30 heavy (non-hydrogen) atoms. The lowest BCUT2D eigenvalue weighted by atomic mass is 9.87. The molecule has 4 nitrogen and oxygen atoms in total. The molecule has 3 aliphatic heterocycles. The summed E-state index contributed by atoms with van der Waals surface area (Å²) in [5.74, 6) is 2.31. The van der Waals surface area contributed by atoms with E-state index in [0.717, 1.165) is 36.9 Å². The first-order chi connectivity index (χ1) is 14.5. The highest BCUT2D eigenvalue weighted by atomic mass is 32.2. The van der Waals surface area contributed by atoms with Gasteiger partial charge in [0.1, 0.15) is 11.6 Å². The van der Waals surface area contributed by atoms with Crippen LogP contribution in [0, 0.1) is 0 Å². The van der Waals surface area contributed by atoms with Gasteiger partial charge in [-0.3, -0.25) is 0 Å². The Balaban J connectivity index is 1.46. The first-order valence-corrected chi connectivity index (χ1v) is 12.6. The highest BCUT2D eigenvalue weighted by molar-refractivity contribution is 8.04. The van der Waals surface area contributed by atoms with Gasteiger partial charge in [0.2, 0.25) is 0 Å². The van der Waals surface area contributed by atoms with Gasteiger partial charge in [0.25, 0.3) is 0 Å². The Hall–Kier alpha value is -1.46. The third-order valence-electron chi connectivity index (χ3n) is 7.13. The van der Waals surface area contributed by atoms with Crippen LogP contribution >= 0.6 is 11.8 Å². The molecule has 1 aromatic rings. The van der Waals surface area contributed by atoms with Crippen molar-refractivity contribution < 1.29 is 4.74 Å². The first-order valence-electron chi connectivity index (χ1n) is 11.7. The van der Waals surface area contributed by atoms with Crippen molar-refractivity contribution in [2.24, 2.45) is 10.7 Å². The largest absolute Gasteiger partial charge is 0.493 e. The van der Waals surface area contributed by atoms with Gasteiger partial charge >= 0.3 is 0 Å². The molecule has 3 heterocycles. The average Bonchev–Trinajstić information content (AvgIpc) is 3.34. The summed E-state index contributed by atoms with van der Waals surface area (Å²) in [5.41, 5.74) is 8.67. The molecule has 164 valence electrons. The molecule has 0 bridgehead atoms. The van der Waals surface area contributed by atoms with Crippen LogP contribution in [-0.2, 0) is 0 Å². The van der Waals surface area contributed by atoms with Crippen LogP contribution in [0.5, 0.6) is 5.75 Å². The Bertz CT molecular complexity index is 783. The van der Waals surface area contributed by atoms with E-state index in [1.54, 1.807) is 11.8 Å². The Labute approximate surface area is 186 Å². The summed E-state index contributed by atoms with van der Waals surface area (Å²) in [4.78, 5) is 7.32. The van der Waals surface area contributed by atoms with Gasteiger partial charge < -0.3 is 15.4 Å². The fraction of sp³-hybridized carbons (Fsp3) is 0.640. The number of hydrogen-bond donors (Lipinski definition) is 1. The Morgan fingerprint density at radius 2 is 2.17 bits per heavy atom. The Morgan fingerprint density at radius 1 is 1.27 bits per heavy atom. The van der Waals surface area contributed by atoms with Crippen LogP contribution in [0.25, 0.3) is 0 Å². The molecule has 3 unspecified atom stereocenters. The molecule has 0 radical (unpaired) electrons. The number of amidine groups is 1. The van der Waals surface area contributed by atoms with E-state index in [1.807, 2.05) is 0 Å². The molecular formula is C25H37N3OS. The van der Waals surface area contributed by atoms with Crippen molar-refractivity contribution in [3.8, 4) is 5.75 Å². The predicted octanol–water partition coefficient (Wildman–Crippen LogP) is 6.00. The maximum absolute atomic E-state index is 6.39. The lowest BCUT2D eigenvalue weighted by molar-refractivity contribution is 0.274. The second-order valence-electron chi connectivity index (χ2n) is 9.39. The second-order valence-corrected chi connectivity index (χ2v) is 10.8. The minimum absolute atomic E-state index is 0.124. The molecule has 3 aliphatic rings. The van der Waals surface area contributed by atoms with E-state index in [2.05, 4.69) is 48.6 Å². The molecule has 0 spiro atoms. The van der Waals surface area contributed by atoms with Crippen molar-refractivity contribution in [2.75, 3.05) is 20.2 Å². The molecule has 2 N–H and O–H groups in total. The predicted molar refractivity (Wildman–Crippen MR) is 129 cm³/mol. The van der Waals surface area contributed by atoms with Crippen molar-refractivity contribution >= 4 is 23.3 Å². The first kappa shape index (κ1) is 21.8. The van der Waals surface area contributed by atoms with Crippen LogP contribution < -0.4 is 10.5 Å². The number of benzene rings is 1. The van der Waals surface area contributed by atoms with Crippen molar-refractivity contribution in [1.82, 2.24) is 4.90 Å². The maximum Gasteiger partial charge on any atom is 0.124 e. The van der Waals surface area contributed by atoms with E-state index < -0.39 is 0 Å². The minimum atomic E-state index is -0.124. The Morgan fingerprint density at radius 3 is 2.93 bits per heavy atom. The summed E-state index contributed by atoms with van der Waals surface area (Å²) in [6.45, 7) is 4.23. The van der Waals surface area contributed by atoms with Crippen LogP contribution in [0.4, 0.5) is 5.69 Å². The van der Waals surface area contributed by atoms with Crippen LogP contribution in [0.1, 0.15) is 76.2 Å². The third kappa shape index (κ3) is 5.05. The fourth-order valence-electron chi connectivity index (χ4n) is 5.07. The van der Waals surface area contributed by atoms with E-state index >= 15 is 0 Å². The topological polar surface area (TPSA) is 50.8 Å². The number of nitrogens with zero attached hydrogens (tertiary/aromatic N) is 2. The standard InChI is InChI=1S/C25H37N3OS/c1-25(14-7-17-30-25)24(26)27-20-12-13-22-19(8-3-4-16-29-23(22)18-20)9-5-10-21-11-6-15-28(21)2/h7,12-13,17-19,21H,3-6,8-11,14-16H2,1-2H3,(H2,26,27). The van der Waals surface area contributed by atoms with Crippen LogP contribution in [-0.4, -0.2) is 41.7 Å². The lowest BCUT2D eigenvalue weighted by Crippen LogP contribution is -2.35. The van der Waals surface area contributed by atoms with E-state index in [-0.39, 0.29) is 4.75 Å². The number of ether oxygens (including phenoxy) is 1. The molecule has 4 rings (SSSR count). The second kappa shape index (κ2) is 9.78.